The van der Waals surface area contributed by atoms with Crippen molar-refractivity contribution in [1.29, 1.82) is 0 Å². The third-order valence-corrected chi connectivity index (χ3v) is 2.47. The molecule has 0 aromatic heterocycles. The number of oxime groups is 1. The highest BCUT2D eigenvalue weighted by Gasteiger charge is 2.05. The monoisotopic (exact) mass is 237 g/mol. The van der Waals surface area contributed by atoms with Gasteiger partial charge in [-0.05, 0) is 44.4 Å². The molecule has 17 heavy (non-hydrogen) atoms. The lowest BCUT2D eigenvalue weighted by molar-refractivity contribution is 0.310. The molecule has 0 bridgehead atoms. The van der Waals surface area contributed by atoms with E-state index in [2.05, 4.69) is 5.16 Å². The van der Waals surface area contributed by atoms with Crippen molar-refractivity contribution in [1.82, 2.24) is 0 Å². The van der Waals surface area contributed by atoms with Crippen LogP contribution < -0.4 is 9.47 Å². The van der Waals surface area contributed by atoms with Crippen LogP contribution in [0.3, 0.4) is 0 Å². The van der Waals surface area contributed by atoms with Gasteiger partial charge in [0.1, 0.15) is 0 Å². The second kappa shape index (κ2) is 6.78. The Labute approximate surface area is 102 Å². The van der Waals surface area contributed by atoms with Crippen molar-refractivity contribution in [2.75, 3.05) is 13.7 Å². The van der Waals surface area contributed by atoms with Crippen molar-refractivity contribution < 1.29 is 14.7 Å². The number of ether oxygens (including phenoxy) is 2. The van der Waals surface area contributed by atoms with Gasteiger partial charge in [0, 0.05) is 0 Å². The highest BCUT2D eigenvalue weighted by atomic mass is 16.5. The fraction of sp³-hybridized carbons (Fsp3) is 0.462. The first kappa shape index (κ1) is 13.4. The van der Waals surface area contributed by atoms with Crippen LogP contribution in [-0.2, 0) is 6.42 Å². The molecule has 1 N–H and O–H groups in total. The Morgan fingerprint density at radius 2 is 2.12 bits per heavy atom. The molecule has 0 spiro atoms. The maximum Gasteiger partial charge on any atom is 0.161 e. The van der Waals surface area contributed by atoms with E-state index in [0.717, 1.165) is 35.6 Å². The Bertz CT molecular complexity index is 388. The summed E-state index contributed by atoms with van der Waals surface area (Å²) in [5, 5.41) is 11.7. The maximum absolute atomic E-state index is 8.58. The quantitative estimate of drug-likeness (QED) is 0.470. The van der Waals surface area contributed by atoms with Crippen molar-refractivity contribution in [3.05, 3.63) is 23.8 Å². The lowest BCUT2D eigenvalue weighted by Gasteiger charge is -2.10. The largest absolute Gasteiger partial charge is 0.493 e. The molecule has 1 aromatic carbocycles. The molecule has 1 aromatic rings. The molecule has 0 fully saturated rings. The zero-order chi connectivity index (χ0) is 12.7. The molecule has 1 rings (SSSR count). The lowest BCUT2D eigenvalue weighted by Crippen LogP contribution is -1.98. The molecular formula is C13H19NO3. The number of hydrogen-bond acceptors (Lipinski definition) is 4. The van der Waals surface area contributed by atoms with Gasteiger partial charge in [0.15, 0.2) is 11.5 Å². The Hall–Kier alpha value is -1.71. The zero-order valence-electron chi connectivity index (χ0n) is 10.6. The fourth-order valence-electron chi connectivity index (χ4n) is 1.52. The first-order valence-corrected chi connectivity index (χ1v) is 5.68. The Kier molecular flexibility index (Phi) is 5.33. The van der Waals surface area contributed by atoms with Gasteiger partial charge in [-0.3, -0.25) is 0 Å². The average Bonchev–Trinajstić information content (AvgIpc) is 2.36. The summed E-state index contributed by atoms with van der Waals surface area (Å²) in [7, 11) is 1.63. The van der Waals surface area contributed by atoms with Crippen molar-refractivity contribution in [2.24, 2.45) is 5.16 Å². The SMILES string of the molecule is CCOc1cc(CC/C(C)=N/O)ccc1OC. The van der Waals surface area contributed by atoms with E-state index in [-0.39, 0.29) is 0 Å². The van der Waals surface area contributed by atoms with Crippen LogP contribution in [0.5, 0.6) is 11.5 Å². The molecule has 0 amide bonds. The van der Waals surface area contributed by atoms with E-state index in [9.17, 15) is 0 Å². The zero-order valence-corrected chi connectivity index (χ0v) is 10.6. The predicted molar refractivity (Wildman–Crippen MR) is 67.4 cm³/mol. The molecule has 4 nitrogen and oxygen atoms in total. The summed E-state index contributed by atoms with van der Waals surface area (Å²) in [5.41, 5.74) is 1.86. The van der Waals surface area contributed by atoms with Gasteiger partial charge in [-0.25, -0.2) is 0 Å². The molecule has 0 saturated carbocycles. The second-order valence-corrected chi connectivity index (χ2v) is 3.75. The molecule has 0 heterocycles. The van der Waals surface area contributed by atoms with Crippen LogP contribution in [0.25, 0.3) is 0 Å². The molecule has 0 unspecified atom stereocenters. The smallest absolute Gasteiger partial charge is 0.161 e. The number of rotatable bonds is 6. The van der Waals surface area contributed by atoms with E-state index in [1.807, 2.05) is 25.1 Å². The van der Waals surface area contributed by atoms with E-state index in [1.165, 1.54) is 0 Å². The molecule has 0 aliphatic heterocycles. The van der Waals surface area contributed by atoms with Crippen LogP contribution in [0.1, 0.15) is 25.8 Å². The number of aryl methyl sites for hydroxylation is 1. The Morgan fingerprint density at radius 3 is 2.71 bits per heavy atom. The molecule has 94 valence electrons. The minimum atomic E-state index is 0.608. The predicted octanol–water partition coefficient (Wildman–Crippen LogP) is 2.88. The van der Waals surface area contributed by atoms with Gasteiger partial charge in [0.2, 0.25) is 0 Å². The fourth-order valence-corrected chi connectivity index (χ4v) is 1.52. The van der Waals surface area contributed by atoms with Crippen LogP contribution in [0.15, 0.2) is 23.4 Å². The average molecular weight is 237 g/mol. The highest BCUT2D eigenvalue weighted by molar-refractivity contribution is 5.81. The van der Waals surface area contributed by atoms with E-state index in [1.54, 1.807) is 14.0 Å². The van der Waals surface area contributed by atoms with Gasteiger partial charge >= 0.3 is 0 Å². The topological polar surface area (TPSA) is 51.0 Å². The van der Waals surface area contributed by atoms with Gasteiger partial charge < -0.3 is 14.7 Å². The van der Waals surface area contributed by atoms with E-state index >= 15 is 0 Å². The normalized spacial score (nSPS) is 11.4. The second-order valence-electron chi connectivity index (χ2n) is 3.75. The summed E-state index contributed by atoms with van der Waals surface area (Å²) < 4.78 is 10.7. The number of hydrogen-bond donors (Lipinski definition) is 1. The van der Waals surface area contributed by atoms with Crippen LogP contribution in [0.4, 0.5) is 0 Å². The molecular weight excluding hydrogens is 218 g/mol. The first-order chi connectivity index (χ1) is 8.21. The summed E-state index contributed by atoms with van der Waals surface area (Å²) >= 11 is 0. The van der Waals surface area contributed by atoms with E-state index in [4.69, 9.17) is 14.7 Å². The molecule has 0 aliphatic carbocycles. The third kappa shape index (κ3) is 3.98. The van der Waals surface area contributed by atoms with Crippen molar-refractivity contribution >= 4 is 5.71 Å². The van der Waals surface area contributed by atoms with Gasteiger partial charge in [0.05, 0.1) is 19.4 Å². The lowest BCUT2D eigenvalue weighted by atomic mass is 10.1. The van der Waals surface area contributed by atoms with Gasteiger partial charge in [0.25, 0.3) is 0 Å². The van der Waals surface area contributed by atoms with Crippen LogP contribution in [-0.4, -0.2) is 24.6 Å². The van der Waals surface area contributed by atoms with Gasteiger partial charge in [-0.1, -0.05) is 11.2 Å². The Balaban J connectivity index is 2.77. The summed E-state index contributed by atoms with van der Waals surface area (Å²) in [6, 6.07) is 5.85. The van der Waals surface area contributed by atoms with Crippen LogP contribution >= 0.6 is 0 Å². The first-order valence-electron chi connectivity index (χ1n) is 5.68. The summed E-state index contributed by atoms with van der Waals surface area (Å²) in [5.74, 6) is 1.49. The van der Waals surface area contributed by atoms with Crippen molar-refractivity contribution in [3.8, 4) is 11.5 Å². The van der Waals surface area contributed by atoms with Crippen LogP contribution in [0.2, 0.25) is 0 Å². The molecule has 4 heteroatoms. The van der Waals surface area contributed by atoms with Gasteiger partial charge in [-0.2, -0.15) is 0 Å². The number of benzene rings is 1. The third-order valence-electron chi connectivity index (χ3n) is 2.47. The summed E-state index contributed by atoms with van der Waals surface area (Å²) in [6.07, 6.45) is 1.55. The molecule has 0 saturated heterocycles. The van der Waals surface area contributed by atoms with Crippen LogP contribution in [0, 0.1) is 0 Å². The maximum atomic E-state index is 8.58. The molecule has 0 radical (unpaired) electrons. The minimum absolute atomic E-state index is 0.608. The van der Waals surface area contributed by atoms with Crippen molar-refractivity contribution in [2.45, 2.75) is 26.7 Å². The summed E-state index contributed by atoms with van der Waals surface area (Å²) in [6.45, 7) is 4.35. The highest BCUT2D eigenvalue weighted by Crippen LogP contribution is 2.28. The van der Waals surface area contributed by atoms with Gasteiger partial charge in [-0.15, -0.1) is 0 Å². The molecule has 0 aliphatic rings. The number of nitrogens with zero attached hydrogens (tertiary/aromatic N) is 1. The number of methoxy groups -OCH3 is 1. The van der Waals surface area contributed by atoms with E-state index in [0.29, 0.717) is 6.61 Å². The summed E-state index contributed by atoms with van der Waals surface area (Å²) in [4.78, 5) is 0. The van der Waals surface area contributed by atoms with Crippen molar-refractivity contribution in [3.63, 3.8) is 0 Å². The molecule has 0 atom stereocenters. The Morgan fingerprint density at radius 1 is 1.35 bits per heavy atom. The van der Waals surface area contributed by atoms with E-state index < -0.39 is 0 Å². The minimum Gasteiger partial charge on any atom is -0.493 e. The standard InChI is InChI=1S/C13H19NO3/c1-4-17-13-9-11(6-5-10(2)14-15)7-8-12(13)16-3/h7-9,15H,4-6H2,1-3H3/b14-10+.